The van der Waals surface area contributed by atoms with E-state index in [1.165, 1.54) is 12.1 Å². The van der Waals surface area contributed by atoms with Gasteiger partial charge in [-0.2, -0.15) is 10.4 Å². The molecule has 0 atom stereocenters. The van der Waals surface area contributed by atoms with Gasteiger partial charge in [-0.3, -0.25) is 5.10 Å². The molecule has 8 heteroatoms. The summed E-state index contributed by atoms with van der Waals surface area (Å²) in [6, 6.07) is 8.14. The summed E-state index contributed by atoms with van der Waals surface area (Å²) in [5.41, 5.74) is 2.20. The number of nitrogens with one attached hydrogen (secondary N) is 2. The summed E-state index contributed by atoms with van der Waals surface area (Å²) in [4.78, 5) is 0. The predicted octanol–water partition coefficient (Wildman–Crippen LogP) is 3.44. The lowest BCUT2D eigenvalue weighted by atomic mass is 9.83. The molecule has 27 heavy (non-hydrogen) atoms. The summed E-state index contributed by atoms with van der Waals surface area (Å²) in [6.45, 7) is 3.32. The molecule has 6 nitrogen and oxygen atoms in total. The first kappa shape index (κ1) is 19.5. The number of aromatic amines is 1. The van der Waals surface area contributed by atoms with Crippen molar-refractivity contribution >= 4 is 10.0 Å². The highest BCUT2D eigenvalue weighted by Gasteiger charge is 2.30. The fourth-order valence-electron chi connectivity index (χ4n) is 3.48. The maximum absolute atomic E-state index is 13.5. The van der Waals surface area contributed by atoms with Gasteiger partial charge in [0, 0.05) is 17.5 Å². The smallest absolute Gasteiger partial charge is 0.214 e. The van der Waals surface area contributed by atoms with Crippen LogP contribution in [-0.2, 0) is 10.0 Å². The van der Waals surface area contributed by atoms with Crippen LogP contribution in [0.15, 0.2) is 24.3 Å². The van der Waals surface area contributed by atoms with Gasteiger partial charge in [-0.05, 0) is 51.7 Å². The van der Waals surface area contributed by atoms with Crippen LogP contribution in [-0.4, -0.2) is 29.9 Å². The van der Waals surface area contributed by atoms with E-state index in [-0.39, 0.29) is 17.8 Å². The number of hydrogen-bond donors (Lipinski definition) is 2. The number of benzene rings is 1. The van der Waals surface area contributed by atoms with E-state index in [1.54, 1.807) is 26.0 Å². The quantitative estimate of drug-likeness (QED) is 0.817. The molecule has 0 unspecified atom stereocenters. The summed E-state index contributed by atoms with van der Waals surface area (Å²) in [5.74, 6) is -0.270. The number of nitrogens with zero attached hydrogens (tertiary/aromatic N) is 2. The Hall–Kier alpha value is -2.24. The number of rotatable bonds is 5. The van der Waals surface area contributed by atoms with Crippen molar-refractivity contribution in [3.8, 4) is 17.3 Å². The Morgan fingerprint density at radius 2 is 2.00 bits per heavy atom. The third-order valence-corrected chi connectivity index (χ3v) is 6.99. The number of aromatic nitrogens is 2. The van der Waals surface area contributed by atoms with Gasteiger partial charge in [-0.1, -0.05) is 12.1 Å². The normalized spacial score (nSPS) is 20.6. The van der Waals surface area contributed by atoms with Crippen molar-refractivity contribution in [2.24, 2.45) is 0 Å². The van der Waals surface area contributed by atoms with E-state index in [9.17, 15) is 18.1 Å². The fourth-order valence-corrected chi connectivity index (χ4v) is 4.45. The Morgan fingerprint density at radius 1 is 1.30 bits per heavy atom. The topological polar surface area (TPSA) is 98.6 Å². The molecular formula is C19H23FN4O2S. The summed E-state index contributed by atoms with van der Waals surface area (Å²) < 4.78 is 40.4. The lowest BCUT2D eigenvalue weighted by Gasteiger charge is -2.29. The molecule has 0 amide bonds. The summed E-state index contributed by atoms with van der Waals surface area (Å²) in [5, 5.41) is 16.4. The van der Waals surface area contributed by atoms with Crippen molar-refractivity contribution in [1.29, 1.82) is 5.26 Å². The largest absolute Gasteiger partial charge is 0.280 e. The lowest BCUT2D eigenvalue weighted by Crippen LogP contribution is -2.40. The van der Waals surface area contributed by atoms with Crippen LogP contribution in [0.2, 0.25) is 0 Å². The van der Waals surface area contributed by atoms with E-state index in [0.29, 0.717) is 29.7 Å². The third kappa shape index (κ3) is 4.20. The number of H-pyrrole nitrogens is 1. The molecule has 0 spiro atoms. The maximum atomic E-state index is 13.5. The second-order valence-electron chi connectivity index (χ2n) is 7.24. The van der Waals surface area contributed by atoms with Crippen LogP contribution in [0.5, 0.6) is 0 Å². The van der Waals surface area contributed by atoms with Gasteiger partial charge in [0.15, 0.2) is 0 Å². The second kappa shape index (κ2) is 7.79. The number of halogens is 1. The zero-order valence-electron chi connectivity index (χ0n) is 15.4. The van der Waals surface area contributed by atoms with Gasteiger partial charge in [0.2, 0.25) is 10.0 Å². The van der Waals surface area contributed by atoms with Gasteiger partial charge in [-0.15, -0.1) is 0 Å². The van der Waals surface area contributed by atoms with Crippen LogP contribution in [0, 0.1) is 17.1 Å². The molecule has 1 aromatic heterocycles. The molecule has 3 rings (SSSR count). The Morgan fingerprint density at radius 3 is 2.59 bits per heavy atom. The average Bonchev–Trinajstić information content (AvgIpc) is 3.06. The molecule has 1 heterocycles. The van der Waals surface area contributed by atoms with Gasteiger partial charge < -0.3 is 0 Å². The highest BCUT2D eigenvalue weighted by atomic mass is 32.2. The fraction of sp³-hybridized carbons (Fsp3) is 0.474. The van der Waals surface area contributed by atoms with Gasteiger partial charge in [0.1, 0.15) is 23.1 Å². The van der Waals surface area contributed by atoms with Crippen molar-refractivity contribution < 1.29 is 12.8 Å². The Kier molecular flexibility index (Phi) is 5.63. The SMILES string of the molecule is CC(C)S(=O)(=O)N[C@H]1CC[C@H](c2[nH]nc(-c3cccc(F)c3)c2C#N)CC1. The first-order chi connectivity index (χ1) is 12.8. The molecule has 1 aromatic carbocycles. The zero-order chi connectivity index (χ0) is 19.6. The average molecular weight is 390 g/mol. The zero-order valence-corrected chi connectivity index (χ0v) is 16.2. The summed E-state index contributed by atoms with van der Waals surface area (Å²) in [6.07, 6.45) is 2.92. The third-order valence-electron chi connectivity index (χ3n) is 5.09. The molecule has 1 fully saturated rings. The Bertz CT molecular complexity index is 954. The highest BCUT2D eigenvalue weighted by Crippen LogP contribution is 2.36. The predicted molar refractivity (Wildman–Crippen MR) is 101 cm³/mol. The van der Waals surface area contributed by atoms with Crippen molar-refractivity contribution in [2.75, 3.05) is 0 Å². The molecule has 1 saturated carbocycles. The standard InChI is InChI=1S/C19H23FN4O2S/c1-12(2)27(25,26)24-16-8-6-13(7-9-16)18-17(11-21)19(23-22-18)14-4-3-5-15(20)10-14/h3-5,10,12-13,16,24H,6-9H2,1-2H3,(H,22,23)/t13-,16-. The molecule has 0 radical (unpaired) electrons. The monoisotopic (exact) mass is 390 g/mol. The molecule has 144 valence electrons. The summed E-state index contributed by atoms with van der Waals surface area (Å²) in [7, 11) is -3.29. The summed E-state index contributed by atoms with van der Waals surface area (Å²) >= 11 is 0. The highest BCUT2D eigenvalue weighted by molar-refractivity contribution is 7.90. The van der Waals surface area contributed by atoms with Gasteiger partial charge in [0.05, 0.1) is 10.9 Å². The minimum absolute atomic E-state index is 0.0789. The van der Waals surface area contributed by atoms with E-state index in [2.05, 4.69) is 21.0 Å². The van der Waals surface area contributed by atoms with Gasteiger partial charge >= 0.3 is 0 Å². The van der Waals surface area contributed by atoms with Gasteiger partial charge in [0.25, 0.3) is 0 Å². The molecule has 0 bridgehead atoms. The Balaban J connectivity index is 1.75. The van der Waals surface area contributed by atoms with Gasteiger partial charge in [-0.25, -0.2) is 17.5 Å². The molecule has 2 aromatic rings. The van der Waals surface area contributed by atoms with E-state index in [1.807, 2.05) is 0 Å². The van der Waals surface area contributed by atoms with E-state index < -0.39 is 15.3 Å². The number of nitriles is 1. The van der Waals surface area contributed by atoms with Crippen LogP contribution >= 0.6 is 0 Å². The molecule has 0 saturated heterocycles. The van der Waals surface area contributed by atoms with Crippen molar-refractivity contribution in [1.82, 2.24) is 14.9 Å². The first-order valence-electron chi connectivity index (χ1n) is 9.07. The van der Waals surface area contributed by atoms with Crippen molar-refractivity contribution in [2.45, 2.75) is 56.7 Å². The van der Waals surface area contributed by atoms with Crippen LogP contribution < -0.4 is 4.72 Å². The second-order valence-corrected chi connectivity index (χ2v) is 9.51. The Labute approximate surface area is 158 Å². The van der Waals surface area contributed by atoms with Crippen molar-refractivity contribution in [3.63, 3.8) is 0 Å². The van der Waals surface area contributed by atoms with Crippen LogP contribution in [0.4, 0.5) is 4.39 Å². The maximum Gasteiger partial charge on any atom is 0.214 e. The minimum atomic E-state index is -3.29. The van der Waals surface area contributed by atoms with E-state index >= 15 is 0 Å². The van der Waals surface area contributed by atoms with Crippen LogP contribution in [0.1, 0.15) is 56.7 Å². The molecule has 2 N–H and O–H groups in total. The number of sulfonamides is 1. The molecular weight excluding hydrogens is 367 g/mol. The van der Waals surface area contributed by atoms with Crippen LogP contribution in [0.3, 0.4) is 0 Å². The lowest BCUT2D eigenvalue weighted by molar-refractivity contribution is 0.368. The number of hydrogen-bond acceptors (Lipinski definition) is 4. The van der Waals surface area contributed by atoms with Crippen LogP contribution in [0.25, 0.3) is 11.3 Å². The first-order valence-corrected chi connectivity index (χ1v) is 10.6. The van der Waals surface area contributed by atoms with E-state index in [4.69, 9.17) is 0 Å². The minimum Gasteiger partial charge on any atom is -0.280 e. The molecule has 0 aliphatic heterocycles. The molecule has 1 aliphatic carbocycles. The van der Waals surface area contributed by atoms with E-state index in [0.717, 1.165) is 18.5 Å². The van der Waals surface area contributed by atoms with Crippen molar-refractivity contribution in [3.05, 3.63) is 41.3 Å². The molecule has 1 aliphatic rings.